The first-order valence-corrected chi connectivity index (χ1v) is 14.0. The lowest BCUT2D eigenvalue weighted by Gasteiger charge is -2.40. The molecule has 180 valence electrons. The van der Waals surface area contributed by atoms with Gasteiger partial charge in [-0.05, 0) is 65.1 Å². The Bertz CT molecular complexity index is 1220. The van der Waals surface area contributed by atoms with Crippen LogP contribution in [0.3, 0.4) is 0 Å². The summed E-state index contributed by atoms with van der Waals surface area (Å²) in [5, 5.41) is 6.95. The Morgan fingerprint density at radius 2 is 1.74 bits per heavy atom. The average molecular weight is 525 g/mol. The number of nitrogens with zero attached hydrogens (tertiary/aromatic N) is 1. The molecule has 0 saturated carbocycles. The quantitative estimate of drug-likeness (QED) is 0.461. The molecule has 3 fully saturated rings. The molecule has 0 aliphatic carbocycles. The molecule has 0 spiro atoms. The van der Waals surface area contributed by atoms with Gasteiger partial charge in [0, 0.05) is 30.1 Å². The lowest BCUT2D eigenvalue weighted by atomic mass is 9.77. The molecule has 1 amide bonds. The monoisotopic (exact) mass is 524 g/mol. The first-order chi connectivity index (χ1) is 17.0. The highest BCUT2D eigenvalue weighted by Crippen LogP contribution is 2.42. The van der Waals surface area contributed by atoms with Crippen molar-refractivity contribution < 1.29 is 14.3 Å². The van der Waals surface area contributed by atoms with Crippen LogP contribution in [-0.4, -0.2) is 42.2 Å². The zero-order valence-corrected chi connectivity index (χ0v) is 21.4. The molecule has 6 rings (SSSR count). The predicted octanol–water partition coefficient (Wildman–Crippen LogP) is 5.26. The van der Waals surface area contributed by atoms with Gasteiger partial charge < -0.3 is 15.0 Å². The SMILES string of the molecule is O=C1CC(c2ccc(N3CC4CCC(C3)O4)cc2)(c2ccsc2)NC(=O)[C@@H]1Sc1ccccc1Cl. The Morgan fingerprint density at radius 1 is 1.00 bits per heavy atom. The second-order valence-corrected chi connectivity index (χ2v) is 11.7. The number of carbonyl (C=O) groups is 2. The Hall–Kier alpha value is -2.32. The van der Waals surface area contributed by atoms with Crippen molar-refractivity contribution >= 4 is 52.1 Å². The summed E-state index contributed by atoms with van der Waals surface area (Å²) in [6, 6.07) is 17.6. The van der Waals surface area contributed by atoms with Gasteiger partial charge in [-0.1, -0.05) is 35.9 Å². The summed E-state index contributed by atoms with van der Waals surface area (Å²) in [5.41, 5.74) is 2.12. The third-order valence-corrected chi connectivity index (χ3v) is 9.62. The van der Waals surface area contributed by atoms with Crippen molar-refractivity contribution in [2.45, 2.75) is 47.2 Å². The van der Waals surface area contributed by atoms with Crippen LogP contribution < -0.4 is 10.2 Å². The molecule has 2 bridgehead atoms. The van der Waals surface area contributed by atoms with Gasteiger partial charge in [0.1, 0.15) is 5.25 Å². The third kappa shape index (κ3) is 4.29. The number of amides is 1. The molecule has 0 radical (unpaired) electrons. The smallest absolute Gasteiger partial charge is 0.242 e. The number of fused-ring (bicyclic) bond motifs is 2. The van der Waals surface area contributed by atoms with Crippen molar-refractivity contribution in [3.05, 3.63) is 81.5 Å². The summed E-state index contributed by atoms with van der Waals surface area (Å²) in [6.07, 6.45) is 3.07. The van der Waals surface area contributed by atoms with Crippen molar-refractivity contribution in [2.75, 3.05) is 18.0 Å². The number of Topliss-reactive ketones (excluding diaryl/α,β-unsaturated/α-hetero) is 1. The molecular weight excluding hydrogens is 500 g/mol. The van der Waals surface area contributed by atoms with E-state index in [9.17, 15) is 9.59 Å². The minimum absolute atomic E-state index is 0.0984. The van der Waals surface area contributed by atoms with Gasteiger partial charge in [0.2, 0.25) is 5.91 Å². The highest BCUT2D eigenvalue weighted by atomic mass is 35.5. The Labute approximate surface area is 217 Å². The lowest BCUT2D eigenvalue weighted by Crippen LogP contribution is -2.58. The van der Waals surface area contributed by atoms with Crippen LogP contribution in [0.15, 0.2) is 70.3 Å². The Kier molecular flexibility index (Phi) is 6.13. The minimum atomic E-state index is -0.881. The number of rotatable bonds is 5. The number of hydrogen-bond donors (Lipinski definition) is 1. The summed E-state index contributed by atoms with van der Waals surface area (Å²) in [7, 11) is 0. The molecule has 1 aromatic heterocycles. The van der Waals surface area contributed by atoms with E-state index in [1.807, 2.05) is 35.0 Å². The van der Waals surface area contributed by atoms with Gasteiger partial charge in [0.25, 0.3) is 0 Å². The molecular formula is C27H25ClN2O3S2. The molecule has 8 heteroatoms. The molecule has 35 heavy (non-hydrogen) atoms. The summed E-state index contributed by atoms with van der Waals surface area (Å²) >= 11 is 9.08. The van der Waals surface area contributed by atoms with Crippen molar-refractivity contribution in [2.24, 2.45) is 0 Å². The van der Waals surface area contributed by atoms with Crippen LogP contribution in [0, 0.1) is 0 Å². The number of morpholine rings is 1. The van der Waals surface area contributed by atoms with Gasteiger partial charge in [-0.15, -0.1) is 11.8 Å². The normalized spacial score (nSPS) is 28.3. The molecule has 4 heterocycles. The fraction of sp³-hybridized carbons (Fsp3) is 0.333. The van der Waals surface area contributed by atoms with E-state index in [0.29, 0.717) is 17.2 Å². The van der Waals surface area contributed by atoms with Crippen LogP contribution in [0.2, 0.25) is 5.02 Å². The standard InChI is InChI=1S/C27H25ClN2O3S2/c28-22-3-1-2-4-24(22)35-25-23(31)13-27(29-26(25)32,18-11-12-34-16-18)17-5-7-19(8-6-17)30-14-20-9-10-21(15-30)33-20/h1-8,11-12,16,20-21,25H,9-10,13-15H2,(H,29,32)/t20?,21?,25-,27?/m1/s1. The molecule has 1 N–H and O–H groups in total. The topological polar surface area (TPSA) is 58.6 Å². The molecule has 3 aliphatic heterocycles. The third-order valence-electron chi connectivity index (χ3n) is 7.17. The molecule has 5 nitrogen and oxygen atoms in total. The largest absolute Gasteiger partial charge is 0.371 e. The van der Waals surface area contributed by atoms with Crippen LogP contribution in [0.4, 0.5) is 5.69 Å². The van der Waals surface area contributed by atoms with Gasteiger partial charge in [0.05, 0.1) is 22.8 Å². The predicted molar refractivity (Wildman–Crippen MR) is 141 cm³/mol. The zero-order valence-electron chi connectivity index (χ0n) is 19.0. The van der Waals surface area contributed by atoms with Crippen LogP contribution in [0.1, 0.15) is 30.4 Å². The van der Waals surface area contributed by atoms with E-state index in [4.69, 9.17) is 16.3 Å². The number of ketones is 1. The minimum Gasteiger partial charge on any atom is -0.371 e. The Balaban J connectivity index is 1.29. The van der Waals surface area contributed by atoms with Gasteiger partial charge in [-0.3, -0.25) is 9.59 Å². The van der Waals surface area contributed by atoms with Crippen LogP contribution >= 0.6 is 34.7 Å². The van der Waals surface area contributed by atoms with Crippen LogP contribution in [0.5, 0.6) is 0 Å². The van der Waals surface area contributed by atoms with E-state index < -0.39 is 10.8 Å². The van der Waals surface area contributed by atoms with Gasteiger partial charge in [-0.2, -0.15) is 11.3 Å². The van der Waals surface area contributed by atoms with Crippen LogP contribution in [0.25, 0.3) is 0 Å². The fourth-order valence-corrected chi connectivity index (χ4v) is 7.38. The second kappa shape index (κ2) is 9.28. The highest BCUT2D eigenvalue weighted by molar-refractivity contribution is 8.01. The number of hydrogen-bond acceptors (Lipinski definition) is 6. The number of halogens is 1. The van der Waals surface area contributed by atoms with E-state index in [1.165, 1.54) is 11.8 Å². The summed E-state index contributed by atoms with van der Waals surface area (Å²) in [4.78, 5) is 30.0. The maximum atomic E-state index is 13.5. The molecule has 3 saturated heterocycles. The summed E-state index contributed by atoms with van der Waals surface area (Å²) in [5.74, 6) is -0.384. The first kappa shape index (κ1) is 23.1. The number of piperidine rings is 1. The summed E-state index contributed by atoms with van der Waals surface area (Å²) < 4.78 is 5.98. The molecule has 3 aliphatic rings. The summed E-state index contributed by atoms with van der Waals surface area (Å²) in [6.45, 7) is 1.81. The number of thiophene rings is 1. The maximum absolute atomic E-state index is 13.5. The number of anilines is 1. The van der Waals surface area contributed by atoms with E-state index in [1.54, 1.807) is 17.4 Å². The molecule has 3 aromatic rings. The van der Waals surface area contributed by atoms with Gasteiger partial charge in [0.15, 0.2) is 5.78 Å². The van der Waals surface area contributed by atoms with E-state index in [2.05, 4.69) is 34.5 Å². The van der Waals surface area contributed by atoms with E-state index in [0.717, 1.165) is 47.6 Å². The second-order valence-electron chi connectivity index (χ2n) is 9.39. The maximum Gasteiger partial charge on any atom is 0.242 e. The molecule has 2 aromatic carbocycles. The van der Waals surface area contributed by atoms with Crippen molar-refractivity contribution in [3.63, 3.8) is 0 Å². The lowest BCUT2D eigenvalue weighted by molar-refractivity contribution is -0.132. The van der Waals surface area contributed by atoms with Crippen molar-refractivity contribution in [1.82, 2.24) is 5.32 Å². The van der Waals surface area contributed by atoms with Gasteiger partial charge >= 0.3 is 0 Å². The number of carbonyl (C=O) groups excluding carboxylic acids is 2. The number of benzene rings is 2. The fourth-order valence-electron chi connectivity index (χ4n) is 5.41. The zero-order chi connectivity index (χ0) is 24.0. The number of nitrogens with one attached hydrogen (secondary N) is 1. The average Bonchev–Trinajstić information content (AvgIpc) is 3.52. The first-order valence-electron chi connectivity index (χ1n) is 11.8. The molecule has 4 atom stereocenters. The number of ether oxygens (including phenoxy) is 1. The Morgan fingerprint density at radius 3 is 2.40 bits per heavy atom. The molecule has 3 unspecified atom stereocenters. The van der Waals surface area contributed by atoms with E-state index >= 15 is 0 Å². The number of thioether (sulfide) groups is 1. The van der Waals surface area contributed by atoms with Gasteiger partial charge in [-0.25, -0.2) is 0 Å². The van der Waals surface area contributed by atoms with Crippen molar-refractivity contribution in [3.8, 4) is 0 Å². The van der Waals surface area contributed by atoms with Crippen molar-refractivity contribution in [1.29, 1.82) is 0 Å². The highest BCUT2D eigenvalue weighted by Gasteiger charge is 2.47. The van der Waals surface area contributed by atoms with E-state index in [-0.39, 0.29) is 18.1 Å². The van der Waals surface area contributed by atoms with Crippen LogP contribution in [-0.2, 0) is 19.9 Å².